The van der Waals surface area contributed by atoms with E-state index in [2.05, 4.69) is 44.4 Å². The van der Waals surface area contributed by atoms with E-state index in [4.69, 9.17) is 11.5 Å². The first-order valence-electron chi connectivity index (χ1n) is 7.20. The van der Waals surface area contributed by atoms with Crippen LogP contribution in [0.5, 0.6) is 0 Å². The fourth-order valence-electron chi connectivity index (χ4n) is 2.73. The molecule has 0 aliphatic carbocycles. The standard InChI is InChI=1S/C18H20N2S2/c1-18(2,3)15-14(11-6-4-7-12(19)10-11)17(20)22-16(15)13-8-5-9-21-13/h4-10H,19-20H2,1-3H3. The second kappa shape index (κ2) is 5.45. The van der Waals surface area contributed by atoms with Gasteiger partial charge in [-0.05, 0) is 40.1 Å². The molecule has 0 atom stereocenters. The van der Waals surface area contributed by atoms with E-state index in [1.807, 2.05) is 18.2 Å². The number of nitrogens with two attached hydrogens (primary N) is 2. The van der Waals surface area contributed by atoms with E-state index < -0.39 is 0 Å². The zero-order valence-electron chi connectivity index (χ0n) is 13.0. The Morgan fingerprint density at radius 1 is 1.00 bits per heavy atom. The first-order chi connectivity index (χ1) is 10.4. The van der Waals surface area contributed by atoms with Crippen molar-refractivity contribution in [1.29, 1.82) is 0 Å². The van der Waals surface area contributed by atoms with Crippen LogP contribution in [-0.4, -0.2) is 0 Å². The Labute approximate surface area is 139 Å². The van der Waals surface area contributed by atoms with Gasteiger partial charge in [0.15, 0.2) is 0 Å². The Balaban J connectivity index is 2.31. The molecule has 4 heteroatoms. The van der Waals surface area contributed by atoms with Gasteiger partial charge in [0.25, 0.3) is 0 Å². The summed E-state index contributed by atoms with van der Waals surface area (Å²) in [6.07, 6.45) is 0. The lowest BCUT2D eigenvalue weighted by molar-refractivity contribution is 0.596. The minimum Gasteiger partial charge on any atom is -0.399 e. The highest BCUT2D eigenvalue weighted by atomic mass is 32.1. The molecule has 0 unspecified atom stereocenters. The van der Waals surface area contributed by atoms with Crippen LogP contribution in [0.25, 0.3) is 20.9 Å². The number of rotatable bonds is 2. The summed E-state index contributed by atoms with van der Waals surface area (Å²) in [4.78, 5) is 2.55. The Morgan fingerprint density at radius 3 is 2.36 bits per heavy atom. The SMILES string of the molecule is CC(C)(C)c1c(-c2cccs2)sc(N)c1-c1cccc(N)c1. The van der Waals surface area contributed by atoms with Gasteiger partial charge >= 0.3 is 0 Å². The molecule has 0 saturated heterocycles. The molecule has 0 saturated carbocycles. The molecule has 2 nitrogen and oxygen atoms in total. The van der Waals surface area contributed by atoms with E-state index in [1.165, 1.54) is 15.3 Å². The van der Waals surface area contributed by atoms with Crippen LogP contribution in [0.15, 0.2) is 41.8 Å². The van der Waals surface area contributed by atoms with Gasteiger partial charge in [0.2, 0.25) is 0 Å². The van der Waals surface area contributed by atoms with Crippen LogP contribution < -0.4 is 11.5 Å². The Kier molecular flexibility index (Phi) is 3.75. The first kappa shape index (κ1) is 15.1. The minimum atomic E-state index is 0.00732. The zero-order chi connectivity index (χ0) is 15.9. The molecule has 2 heterocycles. The minimum absolute atomic E-state index is 0.00732. The maximum atomic E-state index is 6.41. The summed E-state index contributed by atoms with van der Waals surface area (Å²) < 4.78 is 0. The number of anilines is 2. The molecule has 3 aromatic rings. The molecule has 0 aliphatic rings. The lowest BCUT2D eigenvalue weighted by atomic mass is 9.82. The summed E-state index contributed by atoms with van der Waals surface area (Å²) >= 11 is 3.43. The molecule has 3 rings (SSSR count). The van der Waals surface area contributed by atoms with Crippen LogP contribution in [-0.2, 0) is 5.41 Å². The summed E-state index contributed by atoms with van der Waals surface area (Å²) in [5.41, 5.74) is 16.7. The van der Waals surface area contributed by atoms with Gasteiger partial charge in [-0.15, -0.1) is 22.7 Å². The van der Waals surface area contributed by atoms with E-state index in [1.54, 1.807) is 22.7 Å². The van der Waals surface area contributed by atoms with Gasteiger partial charge in [-0.3, -0.25) is 0 Å². The number of hydrogen-bond acceptors (Lipinski definition) is 4. The fraction of sp³-hybridized carbons (Fsp3) is 0.222. The third kappa shape index (κ3) is 2.64. The molecule has 0 radical (unpaired) electrons. The van der Waals surface area contributed by atoms with Gasteiger partial charge in [0.1, 0.15) is 0 Å². The molecule has 0 aliphatic heterocycles. The van der Waals surface area contributed by atoms with Crippen molar-refractivity contribution in [2.24, 2.45) is 0 Å². The molecular weight excluding hydrogens is 308 g/mol. The predicted molar refractivity (Wildman–Crippen MR) is 101 cm³/mol. The molecule has 114 valence electrons. The molecule has 0 bridgehead atoms. The third-order valence-corrected chi connectivity index (χ3v) is 5.67. The second-order valence-corrected chi connectivity index (χ2v) is 8.40. The maximum Gasteiger partial charge on any atom is 0.0946 e. The van der Waals surface area contributed by atoms with Crippen molar-refractivity contribution in [2.45, 2.75) is 26.2 Å². The monoisotopic (exact) mass is 328 g/mol. The third-order valence-electron chi connectivity index (χ3n) is 3.61. The quantitative estimate of drug-likeness (QED) is 0.601. The molecule has 1 aromatic carbocycles. The van der Waals surface area contributed by atoms with Crippen LogP contribution in [0.2, 0.25) is 0 Å². The van der Waals surface area contributed by atoms with E-state index in [9.17, 15) is 0 Å². The molecular formula is C18H20N2S2. The number of hydrogen-bond donors (Lipinski definition) is 2. The number of thiophene rings is 2. The van der Waals surface area contributed by atoms with E-state index in [0.717, 1.165) is 21.8 Å². The topological polar surface area (TPSA) is 52.0 Å². The average Bonchev–Trinajstić information content (AvgIpc) is 3.04. The summed E-state index contributed by atoms with van der Waals surface area (Å²) in [6, 6.07) is 12.2. The van der Waals surface area contributed by atoms with Crippen LogP contribution >= 0.6 is 22.7 Å². The normalized spacial score (nSPS) is 11.8. The van der Waals surface area contributed by atoms with E-state index in [-0.39, 0.29) is 5.41 Å². The van der Waals surface area contributed by atoms with Crippen LogP contribution in [0.4, 0.5) is 10.7 Å². The lowest BCUT2D eigenvalue weighted by Crippen LogP contribution is -2.12. The lowest BCUT2D eigenvalue weighted by Gasteiger charge is -2.22. The molecule has 4 N–H and O–H groups in total. The summed E-state index contributed by atoms with van der Waals surface area (Å²) in [6.45, 7) is 6.71. The van der Waals surface area contributed by atoms with Crippen LogP contribution in [0.1, 0.15) is 26.3 Å². The van der Waals surface area contributed by atoms with E-state index >= 15 is 0 Å². The van der Waals surface area contributed by atoms with Gasteiger partial charge in [-0.1, -0.05) is 39.0 Å². The average molecular weight is 329 g/mol. The van der Waals surface area contributed by atoms with Crippen molar-refractivity contribution in [3.63, 3.8) is 0 Å². The smallest absolute Gasteiger partial charge is 0.0946 e. The highest BCUT2D eigenvalue weighted by molar-refractivity contribution is 7.24. The second-order valence-electron chi connectivity index (χ2n) is 6.40. The zero-order valence-corrected chi connectivity index (χ0v) is 14.6. The van der Waals surface area contributed by atoms with Gasteiger partial charge in [0.05, 0.1) is 9.88 Å². The van der Waals surface area contributed by atoms with Crippen molar-refractivity contribution in [2.75, 3.05) is 11.5 Å². The maximum absolute atomic E-state index is 6.41. The highest BCUT2D eigenvalue weighted by Gasteiger charge is 2.28. The molecule has 0 fully saturated rings. The van der Waals surface area contributed by atoms with Crippen LogP contribution in [0, 0.1) is 0 Å². The highest BCUT2D eigenvalue weighted by Crippen LogP contribution is 2.50. The number of benzene rings is 1. The predicted octanol–water partition coefficient (Wildman–Crippen LogP) is 5.61. The van der Waals surface area contributed by atoms with Crippen molar-refractivity contribution in [1.82, 2.24) is 0 Å². The molecule has 2 aromatic heterocycles. The van der Waals surface area contributed by atoms with Crippen molar-refractivity contribution < 1.29 is 0 Å². The van der Waals surface area contributed by atoms with Crippen LogP contribution in [0.3, 0.4) is 0 Å². The fourth-order valence-corrected chi connectivity index (χ4v) is 4.89. The summed E-state index contributed by atoms with van der Waals surface area (Å²) in [5, 5.41) is 2.97. The summed E-state index contributed by atoms with van der Waals surface area (Å²) in [5.74, 6) is 0. The molecule has 22 heavy (non-hydrogen) atoms. The van der Waals surface area contributed by atoms with Crippen molar-refractivity contribution >= 4 is 33.4 Å². The Hall–Kier alpha value is -1.78. The summed E-state index contributed by atoms with van der Waals surface area (Å²) in [7, 11) is 0. The van der Waals surface area contributed by atoms with Crippen molar-refractivity contribution in [3.05, 3.63) is 47.3 Å². The Morgan fingerprint density at radius 2 is 1.77 bits per heavy atom. The van der Waals surface area contributed by atoms with Gasteiger partial charge in [0, 0.05) is 16.1 Å². The van der Waals surface area contributed by atoms with E-state index in [0.29, 0.717) is 0 Å². The molecule has 0 spiro atoms. The van der Waals surface area contributed by atoms with Gasteiger partial charge in [-0.25, -0.2) is 0 Å². The molecule has 0 amide bonds. The number of nitrogen functional groups attached to an aromatic ring is 2. The largest absolute Gasteiger partial charge is 0.399 e. The van der Waals surface area contributed by atoms with Gasteiger partial charge < -0.3 is 11.5 Å². The van der Waals surface area contributed by atoms with Crippen molar-refractivity contribution in [3.8, 4) is 20.9 Å². The first-order valence-corrected chi connectivity index (χ1v) is 8.90. The Bertz CT molecular complexity index is 793. The van der Waals surface area contributed by atoms with Gasteiger partial charge in [-0.2, -0.15) is 0 Å².